The molecular weight excluding hydrogens is 319 g/mol. The van der Waals surface area contributed by atoms with Crippen LogP contribution in [0.3, 0.4) is 0 Å². The molecule has 0 unspecified atom stereocenters. The van der Waals surface area contributed by atoms with Crippen molar-refractivity contribution in [3.05, 3.63) is 47.7 Å². The van der Waals surface area contributed by atoms with Crippen molar-refractivity contribution < 1.29 is 16.5 Å². The van der Waals surface area contributed by atoms with Gasteiger partial charge in [-0.05, 0) is 24.5 Å². The number of hydrogen-bond donors (Lipinski definition) is 2. The zero-order valence-electron chi connectivity index (χ0n) is 10.4. The van der Waals surface area contributed by atoms with Crippen molar-refractivity contribution in [3.8, 4) is 12.4 Å². The van der Waals surface area contributed by atoms with E-state index in [2.05, 4.69) is 10.2 Å². The Bertz CT molecular complexity index is 572. The number of rotatable bonds is 0. The van der Waals surface area contributed by atoms with Crippen LogP contribution >= 0.6 is 0 Å². The zero-order valence-corrected chi connectivity index (χ0v) is 11.3. The van der Waals surface area contributed by atoms with Crippen LogP contribution in [-0.2, 0) is 16.5 Å². The summed E-state index contributed by atoms with van der Waals surface area (Å²) >= 11 is 0. The van der Waals surface area contributed by atoms with Gasteiger partial charge in [-0.3, -0.25) is 0 Å². The van der Waals surface area contributed by atoms with Gasteiger partial charge in [0.1, 0.15) is 12.4 Å². The maximum atomic E-state index is 8.89. The van der Waals surface area contributed by atoms with Gasteiger partial charge in [-0.1, -0.05) is 0 Å². The van der Waals surface area contributed by atoms with Crippen LogP contribution < -0.4 is 10.6 Å². The first kappa shape index (κ1) is 17.8. The van der Waals surface area contributed by atoms with Gasteiger partial charge in [0, 0.05) is 24.3 Å². The third-order valence-electron chi connectivity index (χ3n) is 1.78. The Hall–Kier alpha value is -3.17. The minimum Gasteiger partial charge on any atom is -0.352 e. The Morgan fingerprint density at radius 2 is 1.29 bits per heavy atom. The minimum absolute atomic E-state index is 0. The molecule has 0 fully saturated rings. The summed E-state index contributed by atoms with van der Waals surface area (Å²) in [5.41, 5.74) is 0. The molecule has 0 saturated heterocycles. The van der Waals surface area contributed by atoms with Gasteiger partial charge >= 0.3 is 16.5 Å². The predicted molar refractivity (Wildman–Crippen MR) is 69.5 cm³/mol. The van der Waals surface area contributed by atoms with Gasteiger partial charge in [0.2, 0.25) is 0 Å². The Balaban J connectivity index is 0.000000364. The molecule has 11 heteroatoms. The van der Waals surface area contributed by atoms with Gasteiger partial charge < -0.3 is 30.8 Å². The molecule has 2 rings (SSSR count). The largest absolute Gasteiger partial charge is 2.00 e. The molecule has 108 valence electrons. The van der Waals surface area contributed by atoms with Crippen molar-refractivity contribution in [2.75, 3.05) is 0 Å². The number of nitriles is 2. The Morgan fingerprint density at radius 3 is 1.52 bits per heavy atom. The van der Waals surface area contributed by atoms with Crippen LogP contribution in [0.4, 0.5) is 0 Å². The molecule has 2 aromatic heterocycles. The molecule has 21 heavy (non-hydrogen) atoms. The van der Waals surface area contributed by atoms with Crippen LogP contribution in [0.1, 0.15) is 0 Å². The van der Waals surface area contributed by atoms with E-state index in [1.807, 2.05) is 10.6 Å². The first-order valence-corrected chi connectivity index (χ1v) is 5.11. The van der Waals surface area contributed by atoms with Crippen LogP contribution in [-0.4, -0.2) is 31.5 Å². The second kappa shape index (κ2) is 9.72. The van der Waals surface area contributed by atoms with Gasteiger partial charge in [-0.2, -0.15) is 10.5 Å². The van der Waals surface area contributed by atoms with Crippen molar-refractivity contribution in [1.82, 2.24) is 30.2 Å². The maximum absolute atomic E-state index is 8.89. The summed E-state index contributed by atoms with van der Waals surface area (Å²) in [5, 5.41) is 45.2. The van der Waals surface area contributed by atoms with Gasteiger partial charge in [-0.15, -0.1) is 0 Å². The molecule has 0 bridgehead atoms. The van der Waals surface area contributed by atoms with E-state index >= 15 is 0 Å². The Kier molecular flexibility index (Phi) is 8.26. The van der Waals surface area contributed by atoms with Crippen molar-refractivity contribution in [3.63, 3.8) is 0 Å². The first-order valence-electron chi connectivity index (χ1n) is 5.11. The third kappa shape index (κ3) is 6.01. The second-order valence-electron chi connectivity index (χ2n) is 3.02. The molecule has 2 aromatic rings. The number of nitrogens with one attached hydrogen (secondary N) is 2. The smallest absolute Gasteiger partial charge is 0.352 e. The molecule has 0 aliphatic heterocycles. The average molecular weight is 327 g/mol. The van der Waals surface area contributed by atoms with Crippen LogP contribution in [0.5, 0.6) is 0 Å². The van der Waals surface area contributed by atoms with Crippen molar-refractivity contribution >= 4 is 11.9 Å². The molecule has 0 spiro atoms. The SMILES string of the molecule is N#CNC(=[N-])n1cccn1.N#CNC(=[N-])n1cccn1.[Ni+2]. The molecule has 0 amide bonds. The molecule has 0 saturated carbocycles. The number of aromatic nitrogens is 4. The third-order valence-corrected chi connectivity index (χ3v) is 1.78. The van der Waals surface area contributed by atoms with E-state index in [0.717, 1.165) is 9.36 Å². The van der Waals surface area contributed by atoms with Crippen molar-refractivity contribution in [2.45, 2.75) is 0 Å². The quantitative estimate of drug-likeness (QED) is 0.218. The molecule has 2 heterocycles. The summed E-state index contributed by atoms with van der Waals surface area (Å²) in [7, 11) is 0. The van der Waals surface area contributed by atoms with Crippen molar-refractivity contribution in [1.29, 1.82) is 10.5 Å². The monoisotopic (exact) mass is 326 g/mol. The van der Waals surface area contributed by atoms with Gasteiger partial charge in [-0.25, -0.2) is 10.2 Å². The number of hydrogen-bond acceptors (Lipinski definition) is 4. The molecular formula is C10H8N10Ni. The van der Waals surface area contributed by atoms with E-state index < -0.39 is 0 Å². The molecule has 2 N–H and O–H groups in total. The molecule has 0 aliphatic rings. The fourth-order valence-corrected chi connectivity index (χ4v) is 1.00. The van der Waals surface area contributed by atoms with E-state index in [9.17, 15) is 0 Å². The summed E-state index contributed by atoms with van der Waals surface area (Å²) in [6.45, 7) is 0. The Morgan fingerprint density at radius 1 is 0.905 bits per heavy atom. The zero-order chi connectivity index (χ0) is 14.8. The van der Waals surface area contributed by atoms with E-state index in [-0.39, 0.29) is 28.4 Å². The Labute approximate surface area is 129 Å². The van der Waals surface area contributed by atoms with E-state index in [1.165, 1.54) is 24.8 Å². The minimum atomic E-state index is -0.299. The summed E-state index contributed by atoms with van der Waals surface area (Å²) < 4.78 is 2.28. The van der Waals surface area contributed by atoms with Gasteiger partial charge in [0.15, 0.2) is 0 Å². The maximum Gasteiger partial charge on any atom is 2.00 e. The summed E-state index contributed by atoms with van der Waals surface area (Å²) in [4.78, 5) is 0. The van der Waals surface area contributed by atoms with E-state index in [0.29, 0.717) is 0 Å². The van der Waals surface area contributed by atoms with Crippen LogP contribution in [0.2, 0.25) is 0 Å². The van der Waals surface area contributed by atoms with Crippen LogP contribution in [0, 0.1) is 22.9 Å². The normalized spacial score (nSPS) is 7.90. The molecule has 0 atom stereocenters. The summed E-state index contributed by atoms with van der Waals surface area (Å²) in [6.07, 6.45) is 9.13. The average Bonchev–Trinajstić information content (AvgIpc) is 3.14. The standard InChI is InChI=1S/2C5H4N5.Ni/c2*6-4-8-5(7)10-3-1-2-9-10;/h2*1-3H,(H-,7,8);/q2*-1;+2. The molecule has 0 aliphatic carbocycles. The fraction of sp³-hybridized carbons (Fsp3) is 0. The predicted octanol–water partition coefficient (Wildman–Crippen LogP) is -0.548. The fourth-order valence-electron chi connectivity index (χ4n) is 1.00. The molecule has 0 radical (unpaired) electrons. The number of nitrogens with zero attached hydrogens (tertiary/aromatic N) is 8. The molecule has 0 aromatic carbocycles. The first-order chi connectivity index (χ1) is 9.69. The van der Waals surface area contributed by atoms with Gasteiger partial charge in [0.25, 0.3) is 0 Å². The topological polar surface area (TPSA) is 152 Å². The van der Waals surface area contributed by atoms with Crippen LogP contribution in [0.25, 0.3) is 10.8 Å². The van der Waals surface area contributed by atoms with E-state index in [4.69, 9.17) is 21.3 Å². The van der Waals surface area contributed by atoms with Gasteiger partial charge in [0.05, 0.1) is 0 Å². The van der Waals surface area contributed by atoms with Crippen LogP contribution in [0.15, 0.2) is 36.9 Å². The van der Waals surface area contributed by atoms with Crippen molar-refractivity contribution in [2.24, 2.45) is 0 Å². The summed E-state index contributed by atoms with van der Waals surface area (Å²) in [6, 6.07) is 3.27. The second-order valence-corrected chi connectivity index (χ2v) is 3.02. The summed E-state index contributed by atoms with van der Waals surface area (Å²) in [5.74, 6) is -0.597. The van der Waals surface area contributed by atoms with E-state index in [1.54, 1.807) is 24.5 Å². The molecule has 10 nitrogen and oxygen atoms in total.